The van der Waals surface area contributed by atoms with E-state index in [1.54, 1.807) is 19.1 Å². The first-order valence-electron chi connectivity index (χ1n) is 4.44. The van der Waals surface area contributed by atoms with Crippen molar-refractivity contribution in [3.8, 4) is 17.2 Å². The number of phenols is 1. The minimum atomic E-state index is -0.298. The third-order valence-corrected chi connectivity index (χ3v) is 2.18. The lowest BCUT2D eigenvalue weighted by molar-refractivity contribution is 0.0660. The van der Waals surface area contributed by atoms with Crippen LogP contribution in [0.4, 0.5) is 0 Å². The van der Waals surface area contributed by atoms with Crippen molar-refractivity contribution in [2.45, 2.75) is 13.0 Å². The zero-order chi connectivity index (χ0) is 11.4. The molecular weight excluding hydrogens is 198 g/mol. The van der Waals surface area contributed by atoms with Gasteiger partial charge >= 0.3 is 0 Å². The largest absolute Gasteiger partial charge is 0.502 e. The maximum absolute atomic E-state index is 9.65. The quantitative estimate of drug-likeness (QED) is 0.739. The van der Waals surface area contributed by atoms with Crippen LogP contribution in [0.3, 0.4) is 0 Å². The molecule has 1 rings (SSSR count). The highest BCUT2D eigenvalue weighted by Crippen LogP contribution is 2.38. The summed E-state index contributed by atoms with van der Waals surface area (Å²) in [5.41, 5.74) is 0.768. The van der Waals surface area contributed by atoms with Gasteiger partial charge in [-0.2, -0.15) is 0 Å². The van der Waals surface area contributed by atoms with Crippen molar-refractivity contribution in [3.63, 3.8) is 0 Å². The van der Waals surface area contributed by atoms with Crippen LogP contribution in [0, 0.1) is 0 Å². The van der Waals surface area contributed by atoms with E-state index in [0.29, 0.717) is 11.5 Å². The third kappa shape index (κ3) is 2.31. The Morgan fingerprint density at radius 1 is 1.20 bits per heavy atom. The molecule has 0 amide bonds. The lowest BCUT2D eigenvalue weighted by Gasteiger charge is -2.14. The zero-order valence-electron chi connectivity index (χ0n) is 8.98. The summed E-state index contributed by atoms with van der Waals surface area (Å²) in [6.07, 6.45) is -0.298. The Kier molecular flexibility index (Phi) is 3.76. The number of rotatable bonds is 4. The van der Waals surface area contributed by atoms with Gasteiger partial charge in [-0.15, -0.1) is 0 Å². The molecule has 0 heterocycles. The summed E-state index contributed by atoms with van der Waals surface area (Å²) < 4.78 is 9.99. The Hall–Kier alpha value is -1.46. The minimum absolute atomic E-state index is 0.0343. The molecule has 5 nitrogen and oxygen atoms in total. The van der Waals surface area contributed by atoms with E-state index in [9.17, 15) is 5.11 Å². The van der Waals surface area contributed by atoms with Gasteiger partial charge in [0.2, 0.25) is 5.75 Å². The van der Waals surface area contributed by atoms with E-state index in [-0.39, 0.29) is 11.9 Å². The minimum Gasteiger partial charge on any atom is -0.502 e. The Labute approximate surface area is 88.3 Å². The topological polar surface area (TPSA) is 73.9 Å². The van der Waals surface area contributed by atoms with Crippen LogP contribution in [0.25, 0.3) is 0 Å². The van der Waals surface area contributed by atoms with Gasteiger partial charge in [0.05, 0.1) is 14.2 Å². The average Bonchev–Trinajstić information content (AvgIpc) is 2.28. The number of aromatic hydroxyl groups is 1. The molecule has 1 atom stereocenters. The molecule has 15 heavy (non-hydrogen) atoms. The second kappa shape index (κ2) is 4.86. The van der Waals surface area contributed by atoms with Crippen molar-refractivity contribution in [3.05, 3.63) is 17.7 Å². The molecule has 0 bridgehead atoms. The number of hydrogen-bond acceptors (Lipinski definition) is 5. The van der Waals surface area contributed by atoms with Crippen molar-refractivity contribution >= 4 is 0 Å². The summed E-state index contributed by atoms with van der Waals surface area (Å²) in [6, 6.07) is 3.30. The summed E-state index contributed by atoms with van der Waals surface area (Å²) in [6.45, 7) is 1.78. The van der Waals surface area contributed by atoms with E-state index >= 15 is 0 Å². The SMILES string of the molecule is COc1cc(C(C)ON)cc(OC)c1O. The summed E-state index contributed by atoms with van der Waals surface area (Å²) in [4.78, 5) is 4.68. The van der Waals surface area contributed by atoms with Crippen molar-refractivity contribution in [2.75, 3.05) is 14.2 Å². The van der Waals surface area contributed by atoms with Crippen molar-refractivity contribution < 1.29 is 19.4 Å². The number of benzene rings is 1. The Morgan fingerprint density at radius 3 is 2.00 bits per heavy atom. The fraction of sp³-hybridized carbons (Fsp3) is 0.400. The monoisotopic (exact) mass is 213 g/mol. The van der Waals surface area contributed by atoms with Gasteiger partial charge in [0.25, 0.3) is 0 Å². The number of phenolic OH excluding ortho intramolecular Hbond substituents is 1. The Balaban J connectivity index is 3.20. The fourth-order valence-corrected chi connectivity index (χ4v) is 1.23. The average molecular weight is 213 g/mol. The molecule has 0 radical (unpaired) electrons. The molecule has 1 aromatic carbocycles. The first kappa shape index (κ1) is 11.6. The lowest BCUT2D eigenvalue weighted by atomic mass is 10.1. The van der Waals surface area contributed by atoms with Gasteiger partial charge in [-0.1, -0.05) is 0 Å². The van der Waals surface area contributed by atoms with E-state index in [0.717, 1.165) is 5.56 Å². The molecule has 0 aliphatic rings. The van der Waals surface area contributed by atoms with Gasteiger partial charge in [-0.3, -0.25) is 4.84 Å². The standard InChI is InChI=1S/C10H15NO4/c1-6(15-11)7-4-8(13-2)10(12)9(5-7)14-3/h4-6,12H,11H2,1-3H3. The van der Waals surface area contributed by atoms with E-state index < -0.39 is 0 Å². The predicted octanol–water partition coefficient (Wildman–Crippen LogP) is 1.36. The number of ether oxygens (including phenoxy) is 2. The summed E-state index contributed by atoms with van der Waals surface area (Å²) in [5.74, 6) is 5.70. The van der Waals surface area contributed by atoms with Crippen LogP contribution in [0.1, 0.15) is 18.6 Å². The smallest absolute Gasteiger partial charge is 0.200 e. The highest BCUT2D eigenvalue weighted by Gasteiger charge is 2.14. The van der Waals surface area contributed by atoms with Crippen molar-refractivity contribution in [1.29, 1.82) is 0 Å². The van der Waals surface area contributed by atoms with Gasteiger partial charge in [-0.05, 0) is 24.6 Å². The first-order chi connectivity index (χ1) is 7.13. The zero-order valence-corrected chi connectivity index (χ0v) is 8.98. The van der Waals surface area contributed by atoms with Crippen LogP contribution in [0.5, 0.6) is 17.2 Å². The summed E-state index contributed by atoms with van der Waals surface area (Å²) in [7, 11) is 2.93. The summed E-state index contributed by atoms with van der Waals surface area (Å²) in [5, 5.41) is 9.65. The van der Waals surface area contributed by atoms with Crippen molar-refractivity contribution in [2.24, 2.45) is 5.90 Å². The van der Waals surface area contributed by atoms with Crippen molar-refractivity contribution in [1.82, 2.24) is 0 Å². The molecule has 3 N–H and O–H groups in total. The molecule has 0 aromatic heterocycles. The predicted molar refractivity (Wildman–Crippen MR) is 54.9 cm³/mol. The normalized spacial score (nSPS) is 12.3. The van der Waals surface area contributed by atoms with Gasteiger partial charge in [0.1, 0.15) is 6.10 Å². The number of hydrogen-bond donors (Lipinski definition) is 2. The lowest BCUT2D eigenvalue weighted by Crippen LogP contribution is -2.06. The fourth-order valence-electron chi connectivity index (χ4n) is 1.23. The second-order valence-corrected chi connectivity index (χ2v) is 3.05. The van der Waals surface area contributed by atoms with Crippen LogP contribution in [-0.2, 0) is 4.84 Å². The maximum Gasteiger partial charge on any atom is 0.200 e. The molecular formula is C10H15NO4. The van der Waals surface area contributed by atoms with Gasteiger partial charge in [0.15, 0.2) is 11.5 Å². The van der Waals surface area contributed by atoms with Gasteiger partial charge < -0.3 is 14.6 Å². The van der Waals surface area contributed by atoms with E-state index in [1.807, 2.05) is 0 Å². The van der Waals surface area contributed by atoms with Gasteiger partial charge in [0, 0.05) is 0 Å². The third-order valence-electron chi connectivity index (χ3n) is 2.18. The van der Waals surface area contributed by atoms with E-state index in [2.05, 4.69) is 4.84 Å². The van der Waals surface area contributed by atoms with Crippen LogP contribution in [0.2, 0.25) is 0 Å². The molecule has 0 aliphatic heterocycles. The molecule has 84 valence electrons. The van der Waals surface area contributed by atoms with E-state index in [4.69, 9.17) is 15.4 Å². The maximum atomic E-state index is 9.65. The molecule has 0 saturated heterocycles. The van der Waals surface area contributed by atoms with Crippen LogP contribution in [0.15, 0.2) is 12.1 Å². The molecule has 0 saturated carbocycles. The molecule has 5 heteroatoms. The van der Waals surface area contributed by atoms with Crippen LogP contribution in [-0.4, -0.2) is 19.3 Å². The highest BCUT2D eigenvalue weighted by atomic mass is 16.6. The van der Waals surface area contributed by atoms with Crippen LogP contribution < -0.4 is 15.4 Å². The number of nitrogens with two attached hydrogens (primary N) is 1. The summed E-state index contributed by atoms with van der Waals surface area (Å²) >= 11 is 0. The molecule has 0 fully saturated rings. The Bertz CT molecular complexity index is 315. The van der Waals surface area contributed by atoms with E-state index in [1.165, 1.54) is 14.2 Å². The van der Waals surface area contributed by atoms with Crippen LogP contribution >= 0.6 is 0 Å². The first-order valence-corrected chi connectivity index (χ1v) is 4.44. The molecule has 0 spiro atoms. The van der Waals surface area contributed by atoms with Gasteiger partial charge in [-0.25, -0.2) is 5.90 Å². The molecule has 1 unspecified atom stereocenters. The Morgan fingerprint density at radius 2 is 1.67 bits per heavy atom. The molecule has 1 aromatic rings. The number of methoxy groups -OCH3 is 2. The highest BCUT2D eigenvalue weighted by molar-refractivity contribution is 5.53. The molecule has 0 aliphatic carbocycles. The second-order valence-electron chi connectivity index (χ2n) is 3.05.